The Kier molecular flexibility index (Phi) is 6.31. The number of rotatable bonds is 6. The number of benzene rings is 2. The molecule has 1 saturated heterocycles. The van der Waals surface area contributed by atoms with Crippen molar-refractivity contribution in [3.63, 3.8) is 0 Å². The summed E-state index contributed by atoms with van der Waals surface area (Å²) < 4.78 is 43.5. The van der Waals surface area contributed by atoms with Gasteiger partial charge < -0.3 is 14.4 Å². The Bertz CT molecular complexity index is 1490. The molecule has 3 heterocycles. The van der Waals surface area contributed by atoms with Gasteiger partial charge in [-0.25, -0.2) is 22.8 Å². The van der Waals surface area contributed by atoms with Crippen molar-refractivity contribution in [3.8, 4) is 0 Å². The Morgan fingerprint density at radius 3 is 2.50 bits per heavy atom. The normalized spacial score (nSPS) is 15.2. The first-order chi connectivity index (χ1) is 17.3. The highest BCUT2D eigenvalue weighted by molar-refractivity contribution is 7.92. The molecule has 0 aliphatic carbocycles. The fourth-order valence-corrected chi connectivity index (χ4v) is 5.45. The van der Waals surface area contributed by atoms with Gasteiger partial charge in [0.25, 0.3) is 10.0 Å². The molecular formula is C25H29FN6O3S. The SMILES string of the molecule is C[C@@H](C(=O)N1CCN(c2ccc(S(=O)(=O)Nc3ccncn3)cc2)CC1)n1ccc2c(F)cccc21.[HH].[HH]. The molecule has 0 spiro atoms. The maximum atomic E-state index is 14.1. The zero-order valence-corrected chi connectivity index (χ0v) is 20.4. The second-order valence-electron chi connectivity index (χ2n) is 8.58. The first-order valence-electron chi connectivity index (χ1n) is 11.5. The molecule has 1 atom stereocenters. The van der Waals surface area contributed by atoms with E-state index < -0.39 is 16.1 Å². The lowest BCUT2D eigenvalue weighted by molar-refractivity contribution is -0.134. The number of carbonyl (C=O) groups excluding carboxylic acids is 1. The van der Waals surface area contributed by atoms with Gasteiger partial charge >= 0.3 is 0 Å². The number of nitrogens with zero attached hydrogens (tertiary/aromatic N) is 5. The van der Waals surface area contributed by atoms with E-state index in [1.807, 2.05) is 22.5 Å². The average Bonchev–Trinajstić information content (AvgIpc) is 3.34. The molecule has 9 nitrogen and oxygen atoms in total. The number of sulfonamides is 1. The minimum Gasteiger partial charge on any atom is -0.368 e. The fraction of sp³-hybridized carbons (Fsp3) is 0.240. The van der Waals surface area contributed by atoms with Crippen LogP contribution >= 0.6 is 0 Å². The Labute approximate surface area is 211 Å². The molecule has 0 bridgehead atoms. The quantitative estimate of drug-likeness (QED) is 0.422. The van der Waals surface area contributed by atoms with Crippen LogP contribution in [0.3, 0.4) is 0 Å². The predicted molar refractivity (Wildman–Crippen MR) is 139 cm³/mol. The number of hydrogen-bond donors (Lipinski definition) is 1. The van der Waals surface area contributed by atoms with Crippen LogP contribution in [0, 0.1) is 5.82 Å². The topological polar surface area (TPSA) is 100 Å². The first-order valence-corrected chi connectivity index (χ1v) is 13.0. The third kappa shape index (κ3) is 4.61. The van der Waals surface area contributed by atoms with Crippen LogP contribution < -0.4 is 9.62 Å². The number of halogens is 1. The molecule has 1 N–H and O–H groups in total. The van der Waals surface area contributed by atoms with Gasteiger partial charge in [-0.2, -0.15) is 0 Å². The molecule has 11 heteroatoms. The summed E-state index contributed by atoms with van der Waals surface area (Å²) in [6.45, 7) is 4.13. The van der Waals surface area contributed by atoms with E-state index in [-0.39, 0.29) is 25.3 Å². The largest absolute Gasteiger partial charge is 0.368 e. The van der Waals surface area contributed by atoms with Gasteiger partial charge in [-0.3, -0.25) is 9.52 Å². The molecule has 2 aromatic carbocycles. The molecule has 36 heavy (non-hydrogen) atoms. The first kappa shape index (κ1) is 23.7. The Balaban J connectivity index is 0.00000200. The molecule has 2 aromatic heterocycles. The highest BCUT2D eigenvalue weighted by Crippen LogP contribution is 2.25. The van der Waals surface area contributed by atoms with Crippen LogP contribution in [0.5, 0.6) is 0 Å². The van der Waals surface area contributed by atoms with Crippen LogP contribution in [0.2, 0.25) is 0 Å². The summed E-state index contributed by atoms with van der Waals surface area (Å²) in [6, 6.07) is 14.2. The maximum Gasteiger partial charge on any atom is 0.263 e. The summed E-state index contributed by atoms with van der Waals surface area (Å²) in [7, 11) is -3.77. The summed E-state index contributed by atoms with van der Waals surface area (Å²) in [6.07, 6.45) is 4.48. The highest BCUT2D eigenvalue weighted by atomic mass is 32.2. The monoisotopic (exact) mass is 512 g/mol. The summed E-state index contributed by atoms with van der Waals surface area (Å²) in [5, 5.41) is 0.500. The van der Waals surface area contributed by atoms with Crippen LogP contribution in [-0.2, 0) is 14.8 Å². The van der Waals surface area contributed by atoms with E-state index in [9.17, 15) is 17.6 Å². The van der Waals surface area contributed by atoms with E-state index in [1.54, 1.807) is 42.6 Å². The number of amides is 1. The van der Waals surface area contributed by atoms with Gasteiger partial charge in [-0.05, 0) is 55.5 Å². The fourth-order valence-electron chi connectivity index (χ4n) is 4.44. The second-order valence-corrected chi connectivity index (χ2v) is 10.3. The Hall–Kier alpha value is -3.99. The van der Waals surface area contributed by atoms with Gasteiger partial charge in [-0.15, -0.1) is 0 Å². The molecule has 1 aliphatic rings. The zero-order valence-electron chi connectivity index (χ0n) is 19.6. The van der Waals surface area contributed by atoms with Gasteiger partial charge in [-0.1, -0.05) is 6.07 Å². The van der Waals surface area contributed by atoms with Crippen LogP contribution in [0.25, 0.3) is 10.9 Å². The van der Waals surface area contributed by atoms with Crippen LogP contribution in [0.1, 0.15) is 15.8 Å². The number of fused-ring (bicyclic) bond motifs is 1. The Morgan fingerprint density at radius 2 is 1.81 bits per heavy atom. The van der Waals surface area contributed by atoms with Crippen LogP contribution in [0.15, 0.2) is 78.2 Å². The van der Waals surface area contributed by atoms with Crippen molar-refractivity contribution < 1.29 is 20.5 Å². The number of hydrogen-bond acceptors (Lipinski definition) is 6. The van der Waals surface area contributed by atoms with E-state index >= 15 is 0 Å². The summed E-state index contributed by atoms with van der Waals surface area (Å²) in [5.74, 6) is -0.126. The maximum absolute atomic E-state index is 14.1. The second kappa shape index (κ2) is 9.57. The average molecular weight is 513 g/mol. The molecule has 5 rings (SSSR count). The number of nitrogens with one attached hydrogen (secondary N) is 1. The van der Waals surface area contributed by atoms with Crippen molar-refractivity contribution in [2.24, 2.45) is 0 Å². The molecule has 4 aromatic rings. The number of aromatic nitrogens is 3. The summed E-state index contributed by atoms with van der Waals surface area (Å²) in [4.78, 5) is 24.9. The molecule has 1 fully saturated rings. The summed E-state index contributed by atoms with van der Waals surface area (Å²) >= 11 is 0. The van der Waals surface area contributed by atoms with Gasteiger partial charge in [0.05, 0.1) is 10.4 Å². The third-order valence-electron chi connectivity index (χ3n) is 6.41. The molecular weight excluding hydrogens is 483 g/mol. The van der Waals surface area contributed by atoms with Crippen molar-refractivity contribution in [2.75, 3.05) is 35.8 Å². The van der Waals surface area contributed by atoms with E-state index in [1.165, 1.54) is 24.7 Å². The highest BCUT2D eigenvalue weighted by Gasteiger charge is 2.27. The molecule has 0 unspecified atom stereocenters. The number of anilines is 2. The number of carbonyl (C=O) groups is 1. The van der Waals surface area contributed by atoms with Crippen LogP contribution in [-0.4, -0.2) is 59.9 Å². The lowest BCUT2D eigenvalue weighted by atomic mass is 10.2. The molecule has 1 aliphatic heterocycles. The molecule has 190 valence electrons. The van der Waals surface area contributed by atoms with Crippen molar-refractivity contribution in [1.29, 1.82) is 0 Å². The molecule has 1 amide bonds. The van der Waals surface area contributed by atoms with E-state index in [4.69, 9.17) is 0 Å². The minimum absolute atomic E-state index is 0. The number of piperazine rings is 1. The molecule has 0 radical (unpaired) electrons. The molecule has 0 saturated carbocycles. The van der Waals surface area contributed by atoms with Crippen molar-refractivity contribution in [1.82, 2.24) is 19.4 Å². The van der Waals surface area contributed by atoms with Gasteiger partial charge in [0.15, 0.2) is 0 Å². The predicted octanol–water partition coefficient (Wildman–Crippen LogP) is 3.77. The van der Waals surface area contributed by atoms with Gasteiger partial charge in [0, 0.05) is 52.5 Å². The lowest BCUT2D eigenvalue weighted by Crippen LogP contribution is -2.50. The van der Waals surface area contributed by atoms with Gasteiger partial charge in [0.1, 0.15) is 24.0 Å². The zero-order chi connectivity index (χ0) is 25.3. The van der Waals surface area contributed by atoms with E-state index in [2.05, 4.69) is 19.6 Å². The third-order valence-corrected chi connectivity index (χ3v) is 7.78. The lowest BCUT2D eigenvalue weighted by Gasteiger charge is -2.37. The van der Waals surface area contributed by atoms with Gasteiger partial charge in [0.2, 0.25) is 5.91 Å². The van der Waals surface area contributed by atoms with E-state index in [0.29, 0.717) is 37.1 Å². The smallest absolute Gasteiger partial charge is 0.263 e. The summed E-state index contributed by atoms with van der Waals surface area (Å²) in [5.41, 5.74) is 1.57. The van der Waals surface area contributed by atoms with Crippen molar-refractivity contribution in [2.45, 2.75) is 17.9 Å². The van der Waals surface area contributed by atoms with Crippen molar-refractivity contribution in [3.05, 3.63) is 79.1 Å². The minimum atomic E-state index is -3.77. The Morgan fingerprint density at radius 1 is 1.06 bits per heavy atom. The van der Waals surface area contributed by atoms with Crippen LogP contribution in [0.4, 0.5) is 15.9 Å². The van der Waals surface area contributed by atoms with Crippen molar-refractivity contribution >= 4 is 38.3 Å². The van der Waals surface area contributed by atoms with E-state index in [0.717, 1.165) is 5.69 Å². The standard InChI is InChI=1S/C25H25FN6O3S.2H2/c1-18(32-12-10-21-22(26)3-2-4-23(21)32)25(33)31-15-13-30(14-16-31)19-5-7-20(8-6-19)36(34,35)29-24-9-11-27-17-28-24;;/h2-12,17-18H,13-16H2,1H3,(H,27,28,29);2*1H/t18-;;/m0../s1.